The van der Waals surface area contributed by atoms with E-state index in [1.165, 1.54) is 0 Å². The van der Waals surface area contributed by atoms with E-state index < -0.39 is 7.12 Å². The van der Waals surface area contributed by atoms with Crippen LogP contribution >= 0.6 is 0 Å². The van der Waals surface area contributed by atoms with Crippen molar-refractivity contribution >= 4 is 12.6 Å². The topological polar surface area (TPSA) is 40.5 Å². The lowest BCUT2D eigenvalue weighted by Crippen LogP contribution is -2.41. The Morgan fingerprint density at radius 1 is 1.15 bits per heavy atom. The number of pyridine rings is 1. The second kappa shape index (κ2) is 4.74. The van der Waals surface area contributed by atoms with Gasteiger partial charge >= 0.3 is 7.12 Å². The lowest BCUT2D eigenvalue weighted by atomic mass is 9.79. The van der Waals surface area contributed by atoms with E-state index in [-0.39, 0.29) is 22.8 Å². The van der Waals surface area contributed by atoms with E-state index in [0.29, 0.717) is 5.56 Å². The van der Waals surface area contributed by atoms with Gasteiger partial charge in [-0.25, -0.2) is 0 Å². The monoisotopic (exact) mass is 277 g/mol. The fraction of sp³-hybridized carbons (Fsp3) is 0.667. The number of rotatable bonds is 2. The number of hydrogen-bond acceptors (Lipinski definition) is 3. The van der Waals surface area contributed by atoms with Gasteiger partial charge in [-0.1, -0.05) is 6.07 Å². The summed E-state index contributed by atoms with van der Waals surface area (Å²) in [7, 11) is -0.427. The summed E-state index contributed by atoms with van der Waals surface area (Å²) in [6, 6.07) is 1.98. The molecule has 0 radical (unpaired) electrons. The van der Waals surface area contributed by atoms with Gasteiger partial charge in [-0.05, 0) is 53.9 Å². The van der Waals surface area contributed by atoms with Crippen LogP contribution in [0.5, 0.6) is 0 Å². The van der Waals surface area contributed by atoms with Crippen molar-refractivity contribution in [1.82, 2.24) is 4.57 Å². The van der Waals surface area contributed by atoms with Crippen LogP contribution in [-0.4, -0.2) is 22.9 Å². The van der Waals surface area contributed by atoms with Crippen LogP contribution in [0, 0.1) is 6.92 Å². The fourth-order valence-electron chi connectivity index (χ4n) is 2.26. The molecule has 4 nitrogen and oxygen atoms in total. The summed E-state index contributed by atoms with van der Waals surface area (Å²) >= 11 is 0. The van der Waals surface area contributed by atoms with Gasteiger partial charge in [-0.3, -0.25) is 4.79 Å². The van der Waals surface area contributed by atoms with Crippen LogP contribution in [0.2, 0.25) is 0 Å². The summed E-state index contributed by atoms with van der Waals surface area (Å²) in [5, 5.41) is 0. The van der Waals surface area contributed by atoms with Gasteiger partial charge in [0.2, 0.25) is 0 Å². The van der Waals surface area contributed by atoms with Crippen molar-refractivity contribution in [2.75, 3.05) is 0 Å². The minimum absolute atomic E-state index is 0.0419. The third-order valence-corrected chi connectivity index (χ3v) is 4.32. The lowest BCUT2D eigenvalue weighted by Gasteiger charge is -2.32. The smallest absolute Gasteiger partial charge is 0.399 e. The molecule has 1 aromatic rings. The van der Waals surface area contributed by atoms with Gasteiger partial charge in [-0.2, -0.15) is 0 Å². The molecule has 2 heterocycles. The second-order valence-electron chi connectivity index (χ2n) is 6.85. The Labute approximate surface area is 121 Å². The average Bonchev–Trinajstić information content (AvgIpc) is 2.51. The molecule has 1 aliphatic heterocycles. The molecule has 110 valence electrons. The van der Waals surface area contributed by atoms with Gasteiger partial charge in [0, 0.05) is 17.8 Å². The zero-order chi connectivity index (χ0) is 15.3. The minimum atomic E-state index is -0.427. The molecular formula is C15H24BNO3. The predicted molar refractivity (Wildman–Crippen MR) is 81.5 cm³/mol. The van der Waals surface area contributed by atoms with E-state index >= 15 is 0 Å². The first-order valence-corrected chi connectivity index (χ1v) is 7.13. The summed E-state index contributed by atoms with van der Waals surface area (Å²) < 4.78 is 13.8. The molecule has 0 aromatic carbocycles. The van der Waals surface area contributed by atoms with Crippen molar-refractivity contribution in [2.45, 2.75) is 65.7 Å². The number of hydrogen-bond donors (Lipinski definition) is 0. The molecule has 2 rings (SSSR count). The Hall–Kier alpha value is -1.07. The van der Waals surface area contributed by atoms with E-state index in [4.69, 9.17) is 9.31 Å². The number of aryl methyl sites for hydroxylation is 1. The van der Waals surface area contributed by atoms with Crippen LogP contribution in [0.3, 0.4) is 0 Å². The molecule has 20 heavy (non-hydrogen) atoms. The van der Waals surface area contributed by atoms with E-state index in [9.17, 15) is 4.79 Å². The largest absolute Gasteiger partial charge is 0.496 e. The van der Waals surface area contributed by atoms with E-state index in [1.54, 1.807) is 4.57 Å². The minimum Gasteiger partial charge on any atom is -0.399 e. The first-order chi connectivity index (χ1) is 9.05. The maximum absolute atomic E-state index is 12.1. The molecule has 0 unspecified atom stereocenters. The van der Waals surface area contributed by atoms with Crippen molar-refractivity contribution in [1.29, 1.82) is 0 Å². The third kappa shape index (κ3) is 2.45. The van der Waals surface area contributed by atoms with Crippen molar-refractivity contribution in [3.63, 3.8) is 0 Å². The van der Waals surface area contributed by atoms with Gasteiger partial charge in [0.25, 0.3) is 5.56 Å². The number of aromatic nitrogens is 1. The van der Waals surface area contributed by atoms with E-state index in [0.717, 1.165) is 5.46 Å². The highest BCUT2D eigenvalue weighted by Crippen LogP contribution is 2.36. The summed E-state index contributed by atoms with van der Waals surface area (Å²) in [4.78, 5) is 12.1. The highest BCUT2D eigenvalue weighted by Gasteiger charge is 2.51. The second-order valence-corrected chi connectivity index (χ2v) is 6.85. The zero-order valence-corrected chi connectivity index (χ0v) is 13.5. The van der Waals surface area contributed by atoms with Gasteiger partial charge < -0.3 is 13.9 Å². The van der Waals surface area contributed by atoms with Crippen LogP contribution < -0.4 is 11.0 Å². The van der Waals surface area contributed by atoms with E-state index in [2.05, 4.69) is 0 Å². The Bertz CT molecular complexity index is 559. The van der Waals surface area contributed by atoms with Crippen molar-refractivity contribution in [2.24, 2.45) is 0 Å². The molecule has 0 N–H and O–H groups in total. The molecule has 0 atom stereocenters. The Kier molecular flexibility index (Phi) is 3.63. The Morgan fingerprint density at radius 3 is 2.10 bits per heavy atom. The van der Waals surface area contributed by atoms with Crippen LogP contribution in [0.1, 0.15) is 53.1 Å². The zero-order valence-electron chi connectivity index (χ0n) is 13.5. The summed E-state index contributed by atoms with van der Waals surface area (Å²) in [5.41, 5.74) is 0.912. The first-order valence-electron chi connectivity index (χ1n) is 7.13. The molecule has 0 amide bonds. The molecule has 0 spiro atoms. The van der Waals surface area contributed by atoms with Gasteiger partial charge in [0.15, 0.2) is 0 Å². The predicted octanol–water partition coefficient (Wildman–Crippen LogP) is 2.04. The lowest BCUT2D eigenvalue weighted by molar-refractivity contribution is 0.00578. The third-order valence-electron chi connectivity index (χ3n) is 4.32. The van der Waals surface area contributed by atoms with Gasteiger partial charge in [0.1, 0.15) is 0 Å². The van der Waals surface area contributed by atoms with Crippen molar-refractivity contribution in [3.05, 3.63) is 28.2 Å². The number of nitrogens with zero attached hydrogens (tertiary/aromatic N) is 1. The maximum atomic E-state index is 12.1. The SMILES string of the molecule is Cc1cc(B2OC(C)(C)C(C)(C)O2)cn(C(C)C)c1=O. The normalized spacial score (nSPS) is 20.7. The van der Waals surface area contributed by atoms with Gasteiger partial charge in [-0.15, -0.1) is 0 Å². The molecule has 0 bridgehead atoms. The summed E-state index contributed by atoms with van der Waals surface area (Å²) in [5.74, 6) is 0. The Morgan fingerprint density at radius 2 is 1.65 bits per heavy atom. The maximum Gasteiger partial charge on any atom is 0.496 e. The molecular weight excluding hydrogens is 253 g/mol. The van der Waals surface area contributed by atoms with E-state index in [1.807, 2.05) is 60.7 Å². The molecule has 1 aromatic heterocycles. The van der Waals surface area contributed by atoms with Crippen molar-refractivity contribution < 1.29 is 9.31 Å². The highest BCUT2D eigenvalue weighted by molar-refractivity contribution is 6.62. The molecule has 1 aliphatic rings. The first kappa shape index (κ1) is 15.3. The summed E-state index contributed by atoms with van der Waals surface area (Å²) in [6.45, 7) is 13.9. The van der Waals surface area contributed by atoms with Gasteiger partial charge in [0.05, 0.1) is 11.2 Å². The highest BCUT2D eigenvalue weighted by atomic mass is 16.7. The quantitative estimate of drug-likeness (QED) is 0.777. The van der Waals surface area contributed by atoms with Crippen LogP contribution in [0.25, 0.3) is 0 Å². The van der Waals surface area contributed by atoms with Crippen LogP contribution in [0.4, 0.5) is 0 Å². The Balaban J connectivity index is 2.44. The van der Waals surface area contributed by atoms with Crippen LogP contribution in [-0.2, 0) is 9.31 Å². The standard InChI is InChI=1S/C15H24BNO3/c1-10(2)17-9-12(8-11(3)13(17)18)16-19-14(4,5)15(6,7)20-16/h8-10H,1-7H3. The van der Waals surface area contributed by atoms with Crippen molar-refractivity contribution in [3.8, 4) is 0 Å². The molecule has 1 saturated heterocycles. The fourth-order valence-corrected chi connectivity index (χ4v) is 2.26. The van der Waals surface area contributed by atoms with Crippen LogP contribution in [0.15, 0.2) is 17.1 Å². The summed E-state index contributed by atoms with van der Waals surface area (Å²) in [6.07, 6.45) is 1.85. The molecule has 0 aliphatic carbocycles. The molecule has 1 fully saturated rings. The molecule has 0 saturated carbocycles. The molecule has 5 heteroatoms. The average molecular weight is 277 g/mol.